The molecule has 42 heavy (non-hydrogen) atoms. The minimum Gasteiger partial charge on any atom is -0.507 e. The molecule has 4 aromatic rings. The van der Waals surface area contributed by atoms with Crippen molar-refractivity contribution in [2.24, 2.45) is 0 Å². The van der Waals surface area contributed by atoms with Gasteiger partial charge in [-0.2, -0.15) is 0 Å². The van der Waals surface area contributed by atoms with Gasteiger partial charge in [-0.25, -0.2) is 0 Å². The predicted octanol–water partition coefficient (Wildman–Crippen LogP) is 5.35. The lowest BCUT2D eigenvalue weighted by molar-refractivity contribution is -0.146. The number of rotatable bonds is 7. The third-order valence-corrected chi connectivity index (χ3v) is 8.82. The molecule has 8 nitrogen and oxygen atoms in total. The van der Waals surface area contributed by atoms with Gasteiger partial charge < -0.3 is 19.7 Å². The highest BCUT2D eigenvalue weighted by Gasteiger charge is 2.32. The Balaban J connectivity index is 1.34. The molecular weight excluding hydrogens is 532 g/mol. The molecule has 2 aliphatic rings. The van der Waals surface area contributed by atoms with Gasteiger partial charge in [-0.3, -0.25) is 19.4 Å². The van der Waals surface area contributed by atoms with Crippen molar-refractivity contribution < 1.29 is 29.3 Å². The highest BCUT2D eigenvalue weighted by Crippen LogP contribution is 2.45. The van der Waals surface area contributed by atoms with Gasteiger partial charge in [0, 0.05) is 24.2 Å². The van der Waals surface area contributed by atoms with Gasteiger partial charge in [0.1, 0.15) is 23.6 Å². The number of carbonyl (C=O) groups is 2. The minimum absolute atomic E-state index is 0.0883. The Morgan fingerprint density at radius 1 is 0.690 bits per heavy atom. The van der Waals surface area contributed by atoms with E-state index in [1.807, 2.05) is 36.4 Å². The number of methoxy groups -OCH3 is 2. The largest absolute Gasteiger partial charge is 0.507 e. The fourth-order valence-corrected chi connectivity index (χ4v) is 6.76. The van der Waals surface area contributed by atoms with Gasteiger partial charge in [-0.1, -0.05) is 36.4 Å². The van der Waals surface area contributed by atoms with Crippen LogP contribution in [-0.2, 0) is 32.2 Å². The van der Waals surface area contributed by atoms with Gasteiger partial charge >= 0.3 is 11.9 Å². The van der Waals surface area contributed by atoms with E-state index < -0.39 is 0 Å². The van der Waals surface area contributed by atoms with Crippen molar-refractivity contribution in [2.75, 3.05) is 27.3 Å². The second-order valence-corrected chi connectivity index (χ2v) is 11.3. The van der Waals surface area contributed by atoms with Crippen LogP contribution in [0.25, 0.3) is 32.7 Å². The number of aromatic hydroxyl groups is 2. The zero-order valence-corrected chi connectivity index (χ0v) is 24.0. The second-order valence-electron chi connectivity index (χ2n) is 11.3. The maximum Gasteiger partial charge on any atom is 0.323 e. The number of esters is 2. The van der Waals surface area contributed by atoms with Gasteiger partial charge in [0.2, 0.25) is 0 Å². The summed E-state index contributed by atoms with van der Waals surface area (Å²) in [6.45, 7) is 2.93. The number of carbonyl (C=O) groups excluding carboxylic acids is 2. The Morgan fingerprint density at radius 2 is 1.12 bits per heavy atom. The zero-order chi connectivity index (χ0) is 29.4. The van der Waals surface area contributed by atoms with Gasteiger partial charge in [0.15, 0.2) is 0 Å². The number of likely N-dealkylation sites (tertiary alicyclic amines) is 2. The van der Waals surface area contributed by atoms with Crippen LogP contribution >= 0.6 is 0 Å². The summed E-state index contributed by atoms with van der Waals surface area (Å²) >= 11 is 0. The van der Waals surface area contributed by atoms with Crippen molar-refractivity contribution in [1.82, 2.24) is 9.80 Å². The molecule has 0 unspecified atom stereocenters. The fraction of sp³-hybridized carbons (Fsp3) is 0.353. The lowest BCUT2D eigenvalue weighted by Crippen LogP contribution is -2.36. The maximum absolute atomic E-state index is 12.2. The zero-order valence-electron chi connectivity index (χ0n) is 24.0. The van der Waals surface area contributed by atoms with E-state index in [1.165, 1.54) is 14.2 Å². The number of fused-ring (bicyclic) bond motifs is 2. The summed E-state index contributed by atoms with van der Waals surface area (Å²) < 4.78 is 10.0. The Labute approximate surface area is 245 Å². The van der Waals surface area contributed by atoms with Crippen LogP contribution in [0.3, 0.4) is 0 Å². The molecule has 4 aromatic carbocycles. The summed E-state index contributed by atoms with van der Waals surface area (Å²) in [7, 11) is 2.86. The van der Waals surface area contributed by atoms with E-state index >= 15 is 0 Å². The molecule has 2 saturated heterocycles. The van der Waals surface area contributed by atoms with Crippen molar-refractivity contribution in [2.45, 2.75) is 50.9 Å². The van der Waals surface area contributed by atoms with Crippen molar-refractivity contribution in [3.63, 3.8) is 0 Å². The van der Waals surface area contributed by atoms with Crippen LogP contribution in [0, 0.1) is 0 Å². The normalized spacial score (nSPS) is 19.5. The predicted molar refractivity (Wildman–Crippen MR) is 161 cm³/mol. The average Bonchev–Trinajstić information content (AvgIpc) is 3.66. The van der Waals surface area contributed by atoms with E-state index in [9.17, 15) is 19.8 Å². The fourth-order valence-electron chi connectivity index (χ4n) is 6.76. The van der Waals surface area contributed by atoms with E-state index in [0.717, 1.165) is 71.4 Å². The van der Waals surface area contributed by atoms with Gasteiger partial charge in [-0.05, 0) is 95.7 Å². The highest BCUT2D eigenvalue weighted by molar-refractivity contribution is 6.09. The molecule has 0 aromatic heterocycles. The van der Waals surface area contributed by atoms with Crippen LogP contribution in [-0.4, -0.2) is 71.3 Å². The van der Waals surface area contributed by atoms with Crippen LogP contribution in [0.5, 0.6) is 11.5 Å². The molecule has 0 spiro atoms. The molecular formula is C34H36N2O6. The molecule has 2 aliphatic heterocycles. The number of nitrogens with zero attached hydrogens (tertiary/aromatic N) is 2. The first-order valence-electron chi connectivity index (χ1n) is 14.5. The molecule has 8 heteroatoms. The number of hydrogen-bond acceptors (Lipinski definition) is 8. The molecule has 2 heterocycles. The van der Waals surface area contributed by atoms with E-state index in [1.54, 1.807) is 12.1 Å². The first-order valence-corrected chi connectivity index (χ1v) is 14.5. The number of phenols is 2. The Bertz CT molecular complexity index is 1540. The monoisotopic (exact) mass is 568 g/mol. The van der Waals surface area contributed by atoms with E-state index in [2.05, 4.69) is 21.9 Å². The van der Waals surface area contributed by atoms with Crippen LogP contribution in [0.2, 0.25) is 0 Å². The van der Waals surface area contributed by atoms with E-state index in [4.69, 9.17) is 9.47 Å². The quantitative estimate of drug-likeness (QED) is 0.288. The lowest BCUT2D eigenvalue weighted by Gasteiger charge is -2.23. The summed E-state index contributed by atoms with van der Waals surface area (Å²) in [6.07, 6.45) is 3.50. The molecule has 2 atom stereocenters. The smallest absolute Gasteiger partial charge is 0.323 e. The summed E-state index contributed by atoms with van der Waals surface area (Å²) in [5.41, 5.74) is 3.28. The van der Waals surface area contributed by atoms with Crippen LogP contribution in [0.15, 0.2) is 60.7 Å². The number of ether oxygens (including phenoxy) is 2. The molecule has 0 saturated carbocycles. The third kappa shape index (κ3) is 5.16. The third-order valence-electron chi connectivity index (χ3n) is 8.82. The first kappa shape index (κ1) is 28.0. The van der Waals surface area contributed by atoms with E-state index in [-0.39, 0.29) is 35.5 Å². The topological polar surface area (TPSA) is 99.5 Å². The van der Waals surface area contributed by atoms with Gasteiger partial charge in [0.05, 0.1) is 14.2 Å². The van der Waals surface area contributed by atoms with Crippen molar-refractivity contribution in [3.05, 3.63) is 71.8 Å². The van der Waals surface area contributed by atoms with E-state index in [0.29, 0.717) is 24.2 Å². The lowest BCUT2D eigenvalue weighted by atomic mass is 9.91. The molecule has 0 amide bonds. The maximum atomic E-state index is 12.2. The molecule has 218 valence electrons. The van der Waals surface area contributed by atoms with Crippen LogP contribution < -0.4 is 0 Å². The Kier molecular flexibility index (Phi) is 7.75. The molecule has 0 aliphatic carbocycles. The summed E-state index contributed by atoms with van der Waals surface area (Å²) in [5.74, 6) is -0.214. The van der Waals surface area contributed by atoms with Crippen molar-refractivity contribution in [3.8, 4) is 22.6 Å². The SMILES string of the molecule is COC(=O)[C@@H]1CCCN1Cc1ccc2c(-c3c(O)ccc4cc(CN5CCC[C@H]5C(=O)OC)ccc34)c(O)ccc2c1. The Morgan fingerprint density at radius 3 is 1.52 bits per heavy atom. The molecule has 2 N–H and O–H groups in total. The minimum atomic E-state index is -0.226. The average molecular weight is 569 g/mol. The standard InChI is InChI=1S/C34H36N2O6/c1-41-33(39)27-5-3-15-35(27)19-21-7-11-25-23(17-21)9-13-29(37)31(25)32-26-12-8-22(18-24(26)10-14-30(32)38)20-36-16-4-6-28(36)34(40)42-2/h7-14,17-18,27-28,37-38H,3-6,15-16,19-20H2,1-2H3/t27-,28-/m0/s1. The summed E-state index contributed by atoms with van der Waals surface area (Å²) in [4.78, 5) is 28.8. The number of phenolic OH excluding ortho intramolecular Hbond substituents is 2. The molecule has 2 fully saturated rings. The van der Waals surface area contributed by atoms with Crippen molar-refractivity contribution >= 4 is 33.5 Å². The van der Waals surface area contributed by atoms with Crippen LogP contribution in [0.1, 0.15) is 36.8 Å². The van der Waals surface area contributed by atoms with Crippen molar-refractivity contribution in [1.29, 1.82) is 0 Å². The summed E-state index contributed by atoms with van der Waals surface area (Å²) in [6, 6.07) is 18.8. The second kappa shape index (κ2) is 11.6. The molecule has 0 bridgehead atoms. The molecule has 0 radical (unpaired) electrons. The Hall–Kier alpha value is -4.14. The van der Waals surface area contributed by atoms with Crippen LogP contribution in [0.4, 0.5) is 0 Å². The van der Waals surface area contributed by atoms with Gasteiger partial charge in [0.25, 0.3) is 0 Å². The number of benzene rings is 4. The van der Waals surface area contributed by atoms with Gasteiger partial charge in [-0.15, -0.1) is 0 Å². The highest BCUT2D eigenvalue weighted by atomic mass is 16.5. The molecule has 6 rings (SSSR count). The number of hydrogen-bond donors (Lipinski definition) is 2. The first-order chi connectivity index (χ1) is 20.4. The summed E-state index contributed by atoms with van der Waals surface area (Å²) in [5, 5.41) is 25.7.